The molecule has 6 heteroatoms. The number of guanidine groups is 1. The largest absolute Gasteiger partial charge is 0.493 e. The third-order valence-corrected chi connectivity index (χ3v) is 4.43. The average Bonchev–Trinajstić information content (AvgIpc) is 3.16. The van der Waals surface area contributed by atoms with Gasteiger partial charge < -0.3 is 24.8 Å². The normalized spacial score (nSPS) is 17.1. The summed E-state index contributed by atoms with van der Waals surface area (Å²) in [6.45, 7) is 11.7. The van der Waals surface area contributed by atoms with Crippen LogP contribution in [0.4, 0.5) is 0 Å². The van der Waals surface area contributed by atoms with Crippen LogP contribution in [0.3, 0.4) is 0 Å². The number of benzene rings is 1. The molecular formula is C21H35N3O3. The zero-order valence-corrected chi connectivity index (χ0v) is 17.1. The minimum atomic E-state index is 0.281. The second-order valence-electron chi connectivity index (χ2n) is 6.82. The SMILES string of the molecule is CCNC(=NCCCOc1c(C)cccc1C)NCCCOC1CCOC1. The Labute approximate surface area is 163 Å². The predicted molar refractivity (Wildman–Crippen MR) is 110 cm³/mol. The smallest absolute Gasteiger partial charge is 0.191 e. The molecule has 0 saturated carbocycles. The summed E-state index contributed by atoms with van der Waals surface area (Å²) in [6.07, 6.45) is 3.14. The van der Waals surface area contributed by atoms with Crippen molar-refractivity contribution in [2.24, 2.45) is 4.99 Å². The number of rotatable bonds is 11. The van der Waals surface area contributed by atoms with Gasteiger partial charge in [0.25, 0.3) is 0 Å². The molecule has 0 aliphatic carbocycles. The van der Waals surface area contributed by atoms with Gasteiger partial charge >= 0.3 is 0 Å². The number of hydrogen-bond acceptors (Lipinski definition) is 4. The molecule has 0 spiro atoms. The minimum Gasteiger partial charge on any atom is -0.493 e. The highest BCUT2D eigenvalue weighted by molar-refractivity contribution is 5.79. The Kier molecular flexibility index (Phi) is 10.0. The Bertz CT molecular complexity index is 552. The van der Waals surface area contributed by atoms with Crippen molar-refractivity contribution in [3.05, 3.63) is 29.3 Å². The molecule has 0 aromatic heterocycles. The lowest BCUT2D eigenvalue weighted by Crippen LogP contribution is -2.38. The van der Waals surface area contributed by atoms with Gasteiger partial charge in [-0.25, -0.2) is 0 Å². The summed E-state index contributed by atoms with van der Waals surface area (Å²) in [4.78, 5) is 4.62. The van der Waals surface area contributed by atoms with Gasteiger partial charge in [-0.2, -0.15) is 0 Å². The fraction of sp³-hybridized carbons (Fsp3) is 0.667. The monoisotopic (exact) mass is 377 g/mol. The summed E-state index contributed by atoms with van der Waals surface area (Å²) in [5.41, 5.74) is 2.36. The highest BCUT2D eigenvalue weighted by Crippen LogP contribution is 2.22. The van der Waals surface area contributed by atoms with Gasteiger partial charge in [-0.15, -0.1) is 0 Å². The van der Waals surface area contributed by atoms with Gasteiger partial charge in [0.1, 0.15) is 5.75 Å². The van der Waals surface area contributed by atoms with Gasteiger partial charge in [-0.1, -0.05) is 18.2 Å². The Morgan fingerprint density at radius 1 is 1.19 bits per heavy atom. The molecule has 2 rings (SSSR count). The lowest BCUT2D eigenvalue weighted by atomic mass is 10.1. The van der Waals surface area contributed by atoms with Crippen LogP contribution in [0.2, 0.25) is 0 Å². The first-order chi connectivity index (χ1) is 13.2. The van der Waals surface area contributed by atoms with Crippen LogP contribution in [0.1, 0.15) is 37.3 Å². The van der Waals surface area contributed by atoms with Crippen molar-refractivity contribution in [2.75, 3.05) is 46.1 Å². The maximum Gasteiger partial charge on any atom is 0.191 e. The van der Waals surface area contributed by atoms with E-state index in [0.29, 0.717) is 6.61 Å². The molecule has 0 bridgehead atoms. The Morgan fingerprint density at radius 3 is 2.70 bits per heavy atom. The fourth-order valence-electron chi connectivity index (χ4n) is 2.97. The van der Waals surface area contributed by atoms with Crippen LogP contribution in [-0.4, -0.2) is 58.1 Å². The molecule has 1 aromatic carbocycles. The van der Waals surface area contributed by atoms with E-state index in [0.717, 1.165) is 70.4 Å². The van der Waals surface area contributed by atoms with Crippen molar-refractivity contribution >= 4 is 5.96 Å². The number of hydrogen-bond donors (Lipinski definition) is 2. The Balaban J connectivity index is 1.60. The molecule has 1 atom stereocenters. The first-order valence-corrected chi connectivity index (χ1v) is 10.1. The Hall–Kier alpha value is -1.79. The van der Waals surface area contributed by atoms with E-state index in [1.54, 1.807) is 0 Å². The number of nitrogens with zero attached hydrogens (tertiary/aromatic N) is 1. The molecule has 1 fully saturated rings. The molecule has 1 aliphatic rings. The van der Waals surface area contributed by atoms with Crippen molar-refractivity contribution < 1.29 is 14.2 Å². The van der Waals surface area contributed by atoms with Crippen molar-refractivity contribution in [1.82, 2.24) is 10.6 Å². The van der Waals surface area contributed by atoms with Gasteiger partial charge in [0.05, 0.1) is 19.3 Å². The molecule has 1 unspecified atom stereocenters. The summed E-state index contributed by atoms with van der Waals surface area (Å²) < 4.78 is 17.0. The summed E-state index contributed by atoms with van der Waals surface area (Å²) in [5, 5.41) is 6.64. The first kappa shape index (κ1) is 21.5. The number of para-hydroxylation sites is 1. The second kappa shape index (κ2) is 12.6. The van der Waals surface area contributed by atoms with Crippen LogP contribution >= 0.6 is 0 Å². The van der Waals surface area contributed by atoms with Crippen LogP contribution < -0.4 is 15.4 Å². The van der Waals surface area contributed by atoms with Crippen LogP contribution in [-0.2, 0) is 9.47 Å². The second-order valence-corrected chi connectivity index (χ2v) is 6.82. The average molecular weight is 378 g/mol. The highest BCUT2D eigenvalue weighted by atomic mass is 16.5. The van der Waals surface area contributed by atoms with E-state index in [4.69, 9.17) is 14.2 Å². The van der Waals surface area contributed by atoms with Crippen molar-refractivity contribution in [1.29, 1.82) is 0 Å². The van der Waals surface area contributed by atoms with Gasteiger partial charge in [-0.05, 0) is 44.7 Å². The first-order valence-electron chi connectivity index (χ1n) is 10.1. The van der Waals surface area contributed by atoms with Crippen molar-refractivity contribution in [2.45, 2.75) is 46.1 Å². The van der Waals surface area contributed by atoms with E-state index < -0.39 is 0 Å². The van der Waals surface area contributed by atoms with E-state index in [1.165, 1.54) is 11.1 Å². The van der Waals surface area contributed by atoms with E-state index in [9.17, 15) is 0 Å². The van der Waals surface area contributed by atoms with Crippen LogP contribution in [0.5, 0.6) is 5.75 Å². The van der Waals surface area contributed by atoms with Gasteiger partial charge in [0.2, 0.25) is 0 Å². The fourth-order valence-corrected chi connectivity index (χ4v) is 2.97. The van der Waals surface area contributed by atoms with Crippen molar-refractivity contribution in [3.8, 4) is 5.75 Å². The van der Waals surface area contributed by atoms with E-state index in [1.807, 2.05) is 0 Å². The van der Waals surface area contributed by atoms with Crippen LogP contribution in [0.25, 0.3) is 0 Å². The zero-order valence-electron chi connectivity index (χ0n) is 17.1. The summed E-state index contributed by atoms with van der Waals surface area (Å²) >= 11 is 0. The standard InChI is InChI=1S/C21H35N3O3/c1-4-22-21(23-11-6-13-26-19-10-15-25-16-19)24-12-7-14-27-20-17(2)8-5-9-18(20)3/h5,8-9,19H,4,6-7,10-16H2,1-3H3,(H2,22,23,24). The predicted octanol–water partition coefficient (Wildman–Crippen LogP) is 2.82. The number of aryl methyl sites for hydroxylation is 2. The molecule has 1 aliphatic heterocycles. The summed E-state index contributed by atoms with van der Waals surface area (Å²) in [6, 6.07) is 6.22. The van der Waals surface area contributed by atoms with Gasteiger partial charge in [-0.3, -0.25) is 4.99 Å². The lowest BCUT2D eigenvalue weighted by molar-refractivity contribution is 0.0420. The molecule has 2 N–H and O–H groups in total. The zero-order chi connectivity index (χ0) is 19.3. The lowest BCUT2D eigenvalue weighted by Gasteiger charge is -2.13. The third-order valence-electron chi connectivity index (χ3n) is 4.43. The molecule has 1 aromatic rings. The number of nitrogens with one attached hydrogen (secondary N) is 2. The number of aliphatic imine (C=N–C) groups is 1. The quantitative estimate of drug-likeness (QED) is 0.353. The molecule has 1 heterocycles. The molecule has 152 valence electrons. The molecule has 0 amide bonds. The van der Waals surface area contributed by atoms with Crippen LogP contribution in [0.15, 0.2) is 23.2 Å². The number of ether oxygens (including phenoxy) is 3. The molecule has 0 radical (unpaired) electrons. The molecule has 1 saturated heterocycles. The van der Waals surface area contributed by atoms with E-state index in [-0.39, 0.29) is 6.10 Å². The third kappa shape index (κ3) is 8.18. The summed E-state index contributed by atoms with van der Waals surface area (Å²) in [5.74, 6) is 1.85. The van der Waals surface area contributed by atoms with E-state index in [2.05, 4.69) is 54.6 Å². The maximum absolute atomic E-state index is 5.93. The topological polar surface area (TPSA) is 64.1 Å². The maximum atomic E-state index is 5.93. The molecule has 6 nitrogen and oxygen atoms in total. The van der Waals surface area contributed by atoms with E-state index >= 15 is 0 Å². The minimum absolute atomic E-state index is 0.281. The van der Waals surface area contributed by atoms with Gasteiger partial charge in [0, 0.05) is 39.3 Å². The van der Waals surface area contributed by atoms with Crippen LogP contribution in [0, 0.1) is 13.8 Å². The highest BCUT2D eigenvalue weighted by Gasteiger charge is 2.15. The van der Waals surface area contributed by atoms with Gasteiger partial charge in [0.15, 0.2) is 5.96 Å². The summed E-state index contributed by atoms with van der Waals surface area (Å²) in [7, 11) is 0. The molecular weight excluding hydrogens is 342 g/mol. The Morgan fingerprint density at radius 2 is 2.00 bits per heavy atom. The molecule has 27 heavy (non-hydrogen) atoms. The van der Waals surface area contributed by atoms with Crippen molar-refractivity contribution in [3.63, 3.8) is 0 Å².